The van der Waals surface area contributed by atoms with E-state index in [0.29, 0.717) is 11.0 Å². The van der Waals surface area contributed by atoms with Crippen LogP contribution in [0.3, 0.4) is 0 Å². The molecule has 0 unspecified atom stereocenters. The second kappa shape index (κ2) is 9.12. The van der Waals surface area contributed by atoms with Crippen LogP contribution in [-0.4, -0.2) is 14.7 Å². The number of nitrogens with zero attached hydrogens (tertiary/aromatic N) is 3. The highest BCUT2D eigenvalue weighted by Gasteiger charge is 2.42. The molecule has 2 atom stereocenters. The molecule has 4 nitrogen and oxygen atoms in total. The van der Waals surface area contributed by atoms with Crippen LogP contribution in [0.15, 0.2) is 95.7 Å². The van der Waals surface area contributed by atoms with E-state index < -0.39 is 0 Å². The second-order valence-electron chi connectivity index (χ2n) is 8.52. The van der Waals surface area contributed by atoms with Gasteiger partial charge in [0, 0.05) is 33.9 Å². The summed E-state index contributed by atoms with van der Waals surface area (Å²) in [5, 5.41) is 4.26. The van der Waals surface area contributed by atoms with Crippen molar-refractivity contribution in [2.45, 2.75) is 31.8 Å². The Morgan fingerprint density at radius 1 is 0.909 bits per heavy atom. The highest BCUT2D eigenvalue weighted by Crippen LogP contribution is 2.42. The maximum absolute atomic E-state index is 5.88. The Bertz CT molecular complexity index is 1250. The van der Waals surface area contributed by atoms with Crippen LogP contribution < -0.4 is 10.2 Å². The number of hydrogen-bond donors (Lipinski definition) is 1. The summed E-state index contributed by atoms with van der Waals surface area (Å²) in [6.45, 7) is 4.42. The van der Waals surface area contributed by atoms with Crippen molar-refractivity contribution in [3.05, 3.63) is 113 Å². The molecule has 1 aliphatic rings. The minimum Gasteiger partial charge on any atom is -0.351 e. The van der Waals surface area contributed by atoms with Crippen molar-refractivity contribution in [2.75, 3.05) is 4.90 Å². The number of anilines is 1. The first-order valence-corrected chi connectivity index (χ1v) is 12.3. The number of nitrogens with one attached hydrogen (secondary N) is 1. The van der Waals surface area contributed by atoms with Gasteiger partial charge in [-0.3, -0.25) is 4.98 Å². The van der Waals surface area contributed by atoms with Crippen LogP contribution in [0.5, 0.6) is 0 Å². The van der Waals surface area contributed by atoms with E-state index >= 15 is 0 Å². The van der Waals surface area contributed by atoms with Crippen molar-refractivity contribution < 1.29 is 0 Å². The Morgan fingerprint density at radius 2 is 1.64 bits per heavy atom. The summed E-state index contributed by atoms with van der Waals surface area (Å²) in [6.07, 6.45) is 3.94. The molecule has 0 amide bonds. The van der Waals surface area contributed by atoms with Crippen LogP contribution in [0.4, 0.5) is 5.69 Å². The fraction of sp³-hybridized carbons (Fsp3) is 0.185. The normalized spacial score (nSPS) is 18.1. The molecule has 5 rings (SSSR count). The van der Waals surface area contributed by atoms with Gasteiger partial charge in [-0.15, -0.1) is 0 Å². The second-order valence-corrected chi connectivity index (χ2v) is 9.82. The standard InChI is InChI=1S/C27H25BrN4S/c1-18(2)19-8-12-22(13-9-19)32-26(25(30-27(32)33)23-6-3-4-16-29-23)24-7-5-17-31(24)21-14-10-20(28)11-15-21/h3-18,25-26H,1-2H3,(H,30,33)/t25-,26-/m1/s1. The molecule has 0 aliphatic carbocycles. The molecule has 0 radical (unpaired) electrons. The van der Waals surface area contributed by atoms with E-state index in [0.717, 1.165) is 27.2 Å². The van der Waals surface area contributed by atoms with Crippen molar-refractivity contribution in [3.63, 3.8) is 0 Å². The van der Waals surface area contributed by atoms with E-state index in [-0.39, 0.29) is 12.1 Å². The molecule has 2 aromatic carbocycles. The van der Waals surface area contributed by atoms with Crippen molar-refractivity contribution in [1.29, 1.82) is 0 Å². The van der Waals surface area contributed by atoms with Crippen molar-refractivity contribution in [2.24, 2.45) is 0 Å². The van der Waals surface area contributed by atoms with E-state index in [1.165, 1.54) is 5.56 Å². The lowest BCUT2D eigenvalue weighted by Crippen LogP contribution is -2.30. The minimum atomic E-state index is -0.0763. The zero-order chi connectivity index (χ0) is 22.9. The summed E-state index contributed by atoms with van der Waals surface area (Å²) in [5.41, 5.74) is 5.60. The van der Waals surface area contributed by atoms with Gasteiger partial charge in [0.05, 0.1) is 11.7 Å². The SMILES string of the molecule is CC(C)c1ccc(N2C(=S)N[C@H](c3ccccn3)[C@H]2c2cccn2-c2ccc(Br)cc2)cc1. The third kappa shape index (κ3) is 4.21. The lowest BCUT2D eigenvalue weighted by molar-refractivity contribution is 0.549. The summed E-state index contributed by atoms with van der Waals surface area (Å²) in [5.74, 6) is 0.481. The molecule has 1 N–H and O–H groups in total. The van der Waals surface area contributed by atoms with Gasteiger partial charge in [-0.05, 0) is 84.4 Å². The van der Waals surface area contributed by atoms with Gasteiger partial charge in [-0.25, -0.2) is 0 Å². The zero-order valence-electron chi connectivity index (χ0n) is 18.5. The molecule has 0 bridgehead atoms. The number of benzene rings is 2. The minimum absolute atomic E-state index is 0.0593. The van der Waals surface area contributed by atoms with Crippen LogP contribution in [0.25, 0.3) is 5.69 Å². The fourth-order valence-electron chi connectivity index (χ4n) is 4.43. The molecule has 0 saturated carbocycles. The molecule has 4 aromatic rings. The number of thiocarbonyl (C=S) groups is 1. The van der Waals surface area contributed by atoms with E-state index in [2.05, 4.69) is 122 Å². The fourth-order valence-corrected chi connectivity index (χ4v) is 5.04. The molecule has 33 heavy (non-hydrogen) atoms. The maximum Gasteiger partial charge on any atom is 0.174 e. The summed E-state index contributed by atoms with van der Waals surface area (Å²) >= 11 is 9.43. The Hall–Kier alpha value is -2.96. The molecule has 0 spiro atoms. The van der Waals surface area contributed by atoms with Crippen LogP contribution in [0, 0.1) is 0 Å². The number of hydrogen-bond acceptors (Lipinski definition) is 2. The van der Waals surface area contributed by atoms with Gasteiger partial charge in [-0.2, -0.15) is 0 Å². The average molecular weight is 517 g/mol. The monoisotopic (exact) mass is 516 g/mol. The van der Waals surface area contributed by atoms with Crippen molar-refractivity contribution >= 4 is 38.9 Å². The first kappa shape index (κ1) is 21.9. The Kier molecular flexibility index (Phi) is 6.04. The highest BCUT2D eigenvalue weighted by molar-refractivity contribution is 9.10. The topological polar surface area (TPSA) is 33.1 Å². The summed E-state index contributed by atoms with van der Waals surface area (Å²) < 4.78 is 3.29. The lowest BCUT2D eigenvalue weighted by Gasteiger charge is -2.29. The van der Waals surface area contributed by atoms with E-state index in [4.69, 9.17) is 12.2 Å². The summed E-state index contributed by atoms with van der Waals surface area (Å²) in [7, 11) is 0. The number of aromatic nitrogens is 2. The molecule has 1 saturated heterocycles. The van der Waals surface area contributed by atoms with Crippen LogP contribution in [0.2, 0.25) is 0 Å². The molecule has 2 aromatic heterocycles. The maximum atomic E-state index is 5.88. The van der Waals surface area contributed by atoms with Crippen molar-refractivity contribution in [3.8, 4) is 5.69 Å². The Morgan fingerprint density at radius 3 is 2.30 bits per heavy atom. The number of pyridine rings is 1. The van der Waals surface area contributed by atoms with Crippen LogP contribution in [-0.2, 0) is 0 Å². The molecular weight excluding hydrogens is 492 g/mol. The van der Waals surface area contributed by atoms with Crippen LogP contribution in [0.1, 0.15) is 48.8 Å². The molecule has 1 aliphatic heterocycles. The lowest BCUT2D eigenvalue weighted by atomic mass is 9.99. The number of halogens is 1. The number of rotatable bonds is 5. The molecular formula is C27H25BrN4S. The largest absolute Gasteiger partial charge is 0.351 e. The van der Waals surface area contributed by atoms with E-state index in [1.54, 1.807) is 0 Å². The summed E-state index contributed by atoms with van der Waals surface area (Å²) in [4.78, 5) is 6.90. The molecule has 3 heterocycles. The Labute approximate surface area is 208 Å². The van der Waals surface area contributed by atoms with Gasteiger partial charge >= 0.3 is 0 Å². The molecule has 1 fully saturated rings. The van der Waals surface area contributed by atoms with E-state index in [1.807, 2.05) is 18.3 Å². The quantitative estimate of drug-likeness (QED) is 0.291. The summed E-state index contributed by atoms with van der Waals surface area (Å²) in [6, 6.07) is 27.3. The first-order chi connectivity index (χ1) is 16.0. The zero-order valence-corrected chi connectivity index (χ0v) is 20.9. The van der Waals surface area contributed by atoms with E-state index in [9.17, 15) is 0 Å². The highest BCUT2D eigenvalue weighted by atomic mass is 79.9. The average Bonchev–Trinajstić information content (AvgIpc) is 3.44. The predicted molar refractivity (Wildman–Crippen MR) is 142 cm³/mol. The Balaban J connectivity index is 1.63. The van der Waals surface area contributed by atoms with Gasteiger partial charge in [0.15, 0.2) is 5.11 Å². The van der Waals surface area contributed by atoms with Gasteiger partial charge in [0.25, 0.3) is 0 Å². The van der Waals surface area contributed by atoms with Gasteiger partial charge in [-0.1, -0.05) is 48.0 Å². The molecule has 6 heteroatoms. The third-order valence-corrected chi connectivity index (χ3v) is 6.97. The predicted octanol–water partition coefficient (Wildman–Crippen LogP) is 6.94. The van der Waals surface area contributed by atoms with Gasteiger partial charge in [0.1, 0.15) is 6.04 Å². The van der Waals surface area contributed by atoms with Crippen molar-refractivity contribution in [1.82, 2.24) is 14.9 Å². The molecule has 166 valence electrons. The smallest absolute Gasteiger partial charge is 0.174 e. The third-order valence-electron chi connectivity index (χ3n) is 6.12. The van der Waals surface area contributed by atoms with Gasteiger partial charge < -0.3 is 14.8 Å². The van der Waals surface area contributed by atoms with Gasteiger partial charge in [0.2, 0.25) is 0 Å². The first-order valence-electron chi connectivity index (χ1n) is 11.1. The van der Waals surface area contributed by atoms with Crippen LogP contribution >= 0.6 is 28.1 Å².